The molecule has 2 atom stereocenters. The van der Waals surface area contributed by atoms with E-state index in [0.29, 0.717) is 42.8 Å². The molecule has 2 fully saturated rings. The van der Waals surface area contributed by atoms with E-state index < -0.39 is 0 Å². The van der Waals surface area contributed by atoms with Crippen molar-refractivity contribution in [3.8, 4) is 11.4 Å². The van der Waals surface area contributed by atoms with Gasteiger partial charge >= 0.3 is 0 Å². The maximum Gasteiger partial charge on any atom is 0.251 e. The van der Waals surface area contributed by atoms with Gasteiger partial charge in [-0.1, -0.05) is 22.4 Å². The van der Waals surface area contributed by atoms with E-state index in [1.54, 1.807) is 12.1 Å². The molecule has 1 aliphatic carbocycles. The zero-order chi connectivity index (χ0) is 19.8. The molecule has 8 heteroatoms. The van der Waals surface area contributed by atoms with Crippen molar-refractivity contribution in [3.05, 3.63) is 53.2 Å². The zero-order valence-electron chi connectivity index (χ0n) is 16.1. The quantitative estimate of drug-likeness (QED) is 0.685. The second kappa shape index (κ2) is 7.44. The lowest BCUT2D eigenvalue weighted by molar-refractivity contribution is 0.0924. The molecule has 1 saturated carbocycles. The Morgan fingerprint density at radius 2 is 1.97 bits per heavy atom. The molecule has 1 amide bonds. The predicted octanol–water partition coefficient (Wildman–Crippen LogP) is 2.90. The molecule has 1 aliphatic heterocycles. The maximum atomic E-state index is 12.7. The zero-order valence-corrected chi connectivity index (χ0v) is 16.1. The summed E-state index contributed by atoms with van der Waals surface area (Å²) in [6.45, 7) is 2.97. The number of carbonyl (C=O) groups is 1. The Kier molecular flexibility index (Phi) is 4.63. The molecule has 2 aliphatic rings. The van der Waals surface area contributed by atoms with Crippen molar-refractivity contribution in [2.45, 2.75) is 38.1 Å². The van der Waals surface area contributed by atoms with Gasteiger partial charge in [0.2, 0.25) is 11.7 Å². The number of amides is 1. The van der Waals surface area contributed by atoms with Crippen LogP contribution in [0.2, 0.25) is 0 Å². The molecular weight excluding hydrogens is 372 g/mol. The monoisotopic (exact) mass is 394 g/mol. The number of carbonyl (C=O) groups excluding carboxylic acids is 1. The molecule has 3 heterocycles. The standard InChI is InChI=1S/C21H22N4O4/c1-12-8-17(28-24-12)9-16-10-27-11-18(16)22-20(26)14-4-2-13(3-5-14)19-23-21(29-25-19)15-6-7-15/h2-5,8,15-16,18H,6-7,9-11H2,1H3,(H,22,26)/t16-,18+/m1/s1. The normalized spacial score (nSPS) is 21.4. The molecule has 2 aromatic heterocycles. The molecule has 0 radical (unpaired) electrons. The molecule has 5 rings (SSSR count). The Balaban J connectivity index is 1.22. The Morgan fingerprint density at radius 3 is 2.69 bits per heavy atom. The average Bonchev–Trinajstić information content (AvgIpc) is 3.10. The first-order valence-corrected chi connectivity index (χ1v) is 9.90. The van der Waals surface area contributed by atoms with Crippen LogP contribution in [0.3, 0.4) is 0 Å². The highest BCUT2D eigenvalue weighted by Crippen LogP contribution is 2.39. The van der Waals surface area contributed by atoms with Gasteiger partial charge in [-0.2, -0.15) is 4.98 Å². The second-order valence-corrected chi connectivity index (χ2v) is 7.82. The number of hydrogen-bond acceptors (Lipinski definition) is 7. The van der Waals surface area contributed by atoms with E-state index in [9.17, 15) is 4.79 Å². The molecule has 1 N–H and O–H groups in total. The van der Waals surface area contributed by atoms with Crippen LogP contribution < -0.4 is 5.32 Å². The van der Waals surface area contributed by atoms with E-state index in [2.05, 4.69) is 20.6 Å². The predicted molar refractivity (Wildman–Crippen MR) is 102 cm³/mol. The van der Waals surface area contributed by atoms with Gasteiger partial charge in [-0.05, 0) is 31.9 Å². The molecule has 150 valence electrons. The Bertz CT molecular complexity index is 1010. The van der Waals surface area contributed by atoms with Gasteiger partial charge in [0.1, 0.15) is 5.76 Å². The minimum Gasteiger partial charge on any atom is -0.379 e. The van der Waals surface area contributed by atoms with Crippen molar-refractivity contribution >= 4 is 5.91 Å². The highest BCUT2D eigenvalue weighted by molar-refractivity contribution is 5.94. The van der Waals surface area contributed by atoms with Crippen LogP contribution in [0.15, 0.2) is 39.4 Å². The lowest BCUT2D eigenvalue weighted by Crippen LogP contribution is -2.40. The second-order valence-electron chi connectivity index (χ2n) is 7.82. The Labute approximate surface area is 167 Å². The van der Waals surface area contributed by atoms with E-state index in [4.69, 9.17) is 13.8 Å². The fraction of sp³-hybridized carbons (Fsp3) is 0.429. The van der Waals surface area contributed by atoms with Crippen molar-refractivity contribution in [2.75, 3.05) is 13.2 Å². The van der Waals surface area contributed by atoms with Crippen molar-refractivity contribution in [1.29, 1.82) is 0 Å². The van der Waals surface area contributed by atoms with Crippen LogP contribution in [0, 0.1) is 12.8 Å². The van der Waals surface area contributed by atoms with Gasteiger partial charge in [0, 0.05) is 35.4 Å². The number of aromatic nitrogens is 3. The van der Waals surface area contributed by atoms with Gasteiger partial charge < -0.3 is 19.1 Å². The topological polar surface area (TPSA) is 103 Å². The molecule has 1 aromatic carbocycles. The average molecular weight is 394 g/mol. The number of hydrogen-bond donors (Lipinski definition) is 1. The first-order chi connectivity index (χ1) is 14.2. The fourth-order valence-electron chi connectivity index (χ4n) is 3.60. The minimum atomic E-state index is -0.127. The van der Waals surface area contributed by atoms with Gasteiger partial charge in [-0.25, -0.2) is 0 Å². The van der Waals surface area contributed by atoms with Crippen LogP contribution in [-0.4, -0.2) is 40.5 Å². The molecule has 3 aromatic rings. The van der Waals surface area contributed by atoms with Crippen molar-refractivity contribution < 1.29 is 18.6 Å². The van der Waals surface area contributed by atoms with Crippen LogP contribution >= 0.6 is 0 Å². The first-order valence-electron chi connectivity index (χ1n) is 9.90. The molecule has 0 unspecified atom stereocenters. The lowest BCUT2D eigenvalue weighted by atomic mass is 9.97. The van der Waals surface area contributed by atoms with E-state index in [1.165, 1.54) is 0 Å². The maximum absolute atomic E-state index is 12.7. The van der Waals surface area contributed by atoms with Gasteiger partial charge in [-0.3, -0.25) is 4.79 Å². The third-order valence-electron chi connectivity index (χ3n) is 5.43. The molecule has 8 nitrogen and oxygen atoms in total. The van der Waals surface area contributed by atoms with Crippen molar-refractivity contribution in [3.63, 3.8) is 0 Å². The van der Waals surface area contributed by atoms with E-state index in [1.807, 2.05) is 25.1 Å². The molecule has 0 spiro atoms. The van der Waals surface area contributed by atoms with Crippen LogP contribution in [0.1, 0.15) is 46.5 Å². The molecule has 0 bridgehead atoms. The first kappa shape index (κ1) is 18.1. The van der Waals surface area contributed by atoms with Crippen LogP contribution in [0.25, 0.3) is 11.4 Å². The smallest absolute Gasteiger partial charge is 0.251 e. The number of aryl methyl sites for hydroxylation is 1. The summed E-state index contributed by atoms with van der Waals surface area (Å²) >= 11 is 0. The summed E-state index contributed by atoms with van der Waals surface area (Å²) in [6.07, 6.45) is 2.91. The summed E-state index contributed by atoms with van der Waals surface area (Å²) in [7, 11) is 0. The van der Waals surface area contributed by atoms with Crippen LogP contribution in [-0.2, 0) is 11.2 Å². The highest BCUT2D eigenvalue weighted by Gasteiger charge is 2.31. The SMILES string of the molecule is Cc1cc(C[C@@H]2COC[C@@H]2NC(=O)c2ccc(-c3noc(C4CC4)n3)cc2)on1. The number of rotatable bonds is 6. The van der Waals surface area contributed by atoms with Gasteiger partial charge in [-0.15, -0.1) is 0 Å². The summed E-state index contributed by atoms with van der Waals surface area (Å²) in [6, 6.07) is 9.10. The summed E-state index contributed by atoms with van der Waals surface area (Å²) in [5.41, 5.74) is 2.27. The number of ether oxygens (including phenoxy) is 1. The van der Waals surface area contributed by atoms with Crippen molar-refractivity contribution in [1.82, 2.24) is 20.6 Å². The van der Waals surface area contributed by atoms with E-state index >= 15 is 0 Å². The summed E-state index contributed by atoms with van der Waals surface area (Å²) in [5.74, 6) is 2.53. The minimum absolute atomic E-state index is 0.0640. The van der Waals surface area contributed by atoms with Gasteiger partial charge in [0.05, 0.1) is 24.9 Å². The van der Waals surface area contributed by atoms with Crippen LogP contribution in [0.5, 0.6) is 0 Å². The number of nitrogens with one attached hydrogen (secondary N) is 1. The third-order valence-corrected chi connectivity index (χ3v) is 5.43. The van der Waals surface area contributed by atoms with E-state index in [0.717, 1.165) is 29.9 Å². The molecular formula is C21H22N4O4. The number of benzene rings is 1. The molecule has 29 heavy (non-hydrogen) atoms. The third kappa shape index (κ3) is 3.93. The van der Waals surface area contributed by atoms with Crippen LogP contribution in [0.4, 0.5) is 0 Å². The lowest BCUT2D eigenvalue weighted by Gasteiger charge is -2.18. The summed E-state index contributed by atoms with van der Waals surface area (Å²) in [4.78, 5) is 17.1. The van der Waals surface area contributed by atoms with Crippen molar-refractivity contribution in [2.24, 2.45) is 5.92 Å². The summed E-state index contributed by atoms with van der Waals surface area (Å²) in [5, 5.41) is 11.0. The largest absolute Gasteiger partial charge is 0.379 e. The Hall–Kier alpha value is -3.00. The molecule has 1 saturated heterocycles. The summed E-state index contributed by atoms with van der Waals surface area (Å²) < 4.78 is 16.2. The highest BCUT2D eigenvalue weighted by atomic mass is 16.5. The number of nitrogens with zero attached hydrogens (tertiary/aromatic N) is 3. The Morgan fingerprint density at radius 1 is 1.14 bits per heavy atom. The van der Waals surface area contributed by atoms with Gasteiger partial charge in [0.15, 0.2) is 0 Å². The van der Waals surface area contributed by atoms with Gasteiger partial charge in [0.25, 0.3) is 5.91 Å². The van der Waals surface area contributed by atoms with E-state index in [-0.39, 0.29) is 17.9 Å². The fourth-order valence-corrected chi connectivity index (χ4v) is 3.60.